The van der Waals surface area contributed by atoms with Crippen molar-refractivity contribution in [3.8, 4) is 11.5 Å². The van der Waals surface area contributed by atoms with Crippen LogP contribution >= 0.6 is 0 Å². The normalized spacial score (nSPS) is 10.3. The maximum absolute atomic E-state index is 12.3. The maximum atomic E-state index is 12.3. The first-order chi connectivity index (χ1) is 12.6. The minimum absolute atomic E-state index is 0.121. The zero-order chi connectivity index (χ0) is 18.9. The second-order valence-electron chi connectivity index (χ2n) is 5.77. The molecule has 6 nitrogen and oxygen atoms in total. The summed E-state index contributed by atoms with van der Waals surface area (Å²) in [5.41, 5.74) is 1.63. The Labute approximate surface area is 155 Å². The van der Waals surface area contributed by atoms with Crippen molar-refractivity contribution in [3.05, 3.63) is 47.7 Å². The molecule has 1 aromatic heterocycles. The average molecular weight is 357 g/mol. The number of methoxy groups -OCH3 is 2. The first-order valence-electron chi connectivity index (χ1n) is 8.83. The van der Waals surface area contributed by atoms with Crippen LogP contribution in [0.3, 0.4) is 0 Å². The molecule has 6 heteroatoms. The molecule has 0 bridgehead atoms. The molecule has 2 aromatic rings. The summed E-state index contributed by atoms with van der Waals surface area (Å²) >= 11 is 0. The number of aromatic nitrogens is 1. The van der Waals surface area contributed by atoms with Gasteiger partial charge in [-0.2, -0.15) is 0 Å². The predicted octanol–water partition coefficient (Wildman–Crippen LogP) is 2.92. The highest BCUT2D eigenvalue weighted by Crippen LogP contribution is 2.27. The molecule has 0 saturated heterocycles. The number of hydrogen-bond acceptors (Lipinski definition) is 5. The summed E-state index contributed by atoms with van der Waals surface area (Å²) in [6.07, 6.45) is 2.33. The zero-order valence-electron chi connectivity index (χ0n) is 15.9. The topological polar surface area (TPSA) is 63.7 Å². The van der Waals surface area contributed by atoms with Crippen LogP contribution in [0.25, 0.3) is 0 Å². The Hall–Kier alpha value is -2.76. The highest BCUT2D eigenvalue weighted by atomic mass is 16.5. The van der Waals surface area contributed by atoms with Gasteiger partial charge in [-0.05, 0) is 50.1 Å². The van der Waals surface area contributed by atoms with Gasteiger partial charge in [0, 0.05) is 25.8 Å². The van der Waals surface area contributed by atoms with Gasteiger partial charge in [-0.3, -0.25) is 4.79 Å². The maximum Gasteiger partial charge on any atom is 0.252 e. The lowest BCUT2D eigenvalue weighted by Crippen LogP contribution is -2.26. The van der Waals surface area contributed by atoms with E-state index in [1.807, 2.05) is 30.3 Å². The molecule has 140 valence electrons. The van der Waals surface area contributed by atoms with E-state index in [0.717, 1.165) is 24.5 Å². The van der Waals surface area contributed by atoms with Gasteiger partial charge in [0.15, 0.2) is 11.5 Å². The number of nitrogens with zero attached hydrogens (tertiary/aromatic N) is 2. The van der Waals surface area contributed by atoms with Gasteiger partial charge >= 0.3 is 0 Å². The van der Waals surface area contributed by atoms with Crippen LogP contribution in [0.2, 0.25) is 0 Å². The molecule has 0 fully saturated rings. The van der Waals surface area contributed by atoms with E-state index in [9.17, 15) is 4.79 Å². The quantitative estimate of drug-likeness (QED) is 0.748. The Kier molecular flexibility index (Phi) is 7.26. The van der Waals surface area contributed by atoms with Crippen molar-refractivity contribution in [2.24, 2.45) is 0 Å². The smallest absolute Gasteiger partial charge is 0.252 e. The van der Waals surface area contributed by atoms with E-state index < -0.39 is 0 Å². The number of carbonyl (C=O) groups excluding carboxylic acids is 1. The van der Waals surface area contributed by atoms with E-state index in [0.29, 0.717) is 30.0 Å². The predicted molar refractivity (Wildman–Crippen MR) is 103 cm³/mol. The molecular weight excluding hydrogens is 330 g/mol. The summed E-state index contributed by atoms with van der Waals surface area (Å²) in [7, 11) is 3.22. The molecule has 0 unspecified atom stereocenters. The van der Waals surface area contributed by atoms with Crippen molar-refractivity contribution in [2.45, 2.75) is 20.3 Å². The fourth-order valence-electron chi connectivity index (χ4n) is 2.71. The first-order valence-corrected chi connectivity index (χ1v) is 8.83. The van der Waals surface area contributed by atoms with Gasteiger partial charge in [0.05, 0.1) is 19.8 Å². The van der Waals surface area contributed by atoms with Crippen LogP contribution in [0, 0.1) is 0 Å². The third-order valence-corrected chi connectivity index (χ3v) is 4.24. The molecule has 0 radical (unpaired) electrons. The standard InChI is InChI=1S/C20H27N3O3/c1-5-23(6-2)19-10-8-16(14-22-19)20(24)21-12-11-15-7-9-17(25-3)18(13-15)26-4/h7-10,13-14H,5-6,11-12H2,1-4H3,(H,21,24). The largest absolute Gasteiger partial charge is 0.493 e. The SMILES string of the molecule is CCN(CC)c1ccc(C(=O)NCCc2ccc(OC)c(OC)c2)cn1. The van der Waals surface area contributed by atoms with Crippen LogP contribution in [-0.2, 0) is 6.42 Å². The number of nitrogens with one attached hydrogen (secondary N) is 1. The molecule has 0 atom stereocenters. The highest BCUT2D eigenvalue weighted by molar-refractivity contribution is 5.94. The fraction of sp³-hybridized carbons (Fsp3) is 0.400. The molecule has 2 rings (SSSR count). The number of carbonyl (C=O) groups is 1. The van der Waals surface area contributed by atoms with Crippen molar-refractivity contribution >= 4 is 11.7 Å². The van der Waals surface area contributed by atoms with Gasteiger partial charge in [0.2, 0.25) is 0 Å². The summed E-state index contributed by atoms with van der Waals surface area (Å²) in [6, 6.07) is 9.45. The van der Waals surface area contributed by atoms with Gasteiger partial charge in [-0.15, -0.1) is 0 Å². The molecule has 0 aliphatic rings. The lowest BCUT2D eigenvalue weighted by molar-refractivity contribution is 0.0954. The van der Waals surface area contributed by atoms with E-state index in [-0.39, 0.29) is 5.91 Å². The molecule has 0 aliphatic carbocycles. The van der Waals surface area contributed by atoms with Crippen molar-refractivity contribution in [1.29, 1.82) is 0 Å². The van der Waals surface area contributed by atoms with E-state index in [1.165, 1.54) is 0 Å². The van der Waals surface area contributed by atoms with Gasteiger partial charge in [-0.1, -0.05) is 6.07 Å². The zero-order valence-corrected chi connectivity index (χ0v) is 15.9. The minimum Gasteiger partial charge on any atom is -0.493 e. The minimum atomic E-state index is -0.121. The fourth-order valence-corrected chi connectivity index (χ4v) is 2.71. The second kappa shape index (κ2) is 9.65. The second-order valence-corrected chi connectivity index (χ2v) is 5.77. The number of hydrogen-bond donors (Lipinski definition) is 1. The van der Waals surface area contributed by atoms with Crippen LogP contribution in [0.1, 0.15) is 29.8 Å². The summed E-state index contributed by atoms with van der Waals surface area (Å²) in [5, 5.41) is 2.93. The van der Waals surface area contributed by atoms with Crippen molar-refractivity contribution in [3.63, 3.8) is 0 Å². The lowest BCUT2D eigenvalue weighted by atomic mass is 10.1. The Morgan fingerprint density at radius 1 is 1.08 bits per heavy atom. The van der Waals surface area contributed by atoms with Gasteiger partial charge in [-0.25, -0.2) is 4.98 Å². The Bertz CT molecular complexity index is 713. The van der Waals surface area contributed by atoms with E-state index >= 15 is 0 Å². The van der Waals surface area contributed by atoms with Gasteiger partial charge in [0.25, 0.3) is 5.91 Å². The number of ether oxygens (including phenoxy) is 2. The number of benzene rings is 1. The summed E-state index contributed by atoms with van der Waals surface area (Å²) in [4.78, 5) is 18.8. The molecular formula is C20H27N3O3. The number of rotatable bonds is 9. The lowest BCUT2D eigenvalue weighted by Gasteiger charge is -2.19. The highest BCUT2D eigenvalue weighted by Gasteiger charge is 2.09. The molecule has 1 N–H and O–H groups in total. The number of anilines is 1. The third kappa shape index (κ3) is 4.88. The number of pyridine rings is 1. The third-order valence-electron chi connectivity index (χ3n) is 4.24. The van der Waals surface area contributed by atoms with Crippen LogP contribution in [-0.4, -0.2) is 44.7 Å². The molecule has 1 aromatic carbocycles. The molecule has 0 aliphatic heterocycles. The summed E-state index contributed by atoms with van der Waals surface area (Å²) in [6.45, 7) is 6.48. The first kappa shape index (κ1) is 19.6. The Balaban J connectivity index is 1.90. The van der Waals surface area contributed by atoms with E-state index in [2.05, 4.69) is 29.0 Å². The summed E-state index contributed by atoms with van der Waals surface area (Å²) < 4.78 is 10.5. The number of amides is 1. The molecule has 0 spiro atoms. The van der Waals surface area contributed by atoms with Crippen LogP contribution < -0.4 is 19.7 Å². The van der Waals surface area contributed by atoms with Gasteiger partial charge < -0.3 is 19.7 Å². The molecule has 1 heterocycles. The summed E-state index contributed by atoms with van der Waals surface area (Å²) in [5.74, 6) is 2.15. The van der Waals surface area contributed by atoms with E-state index in [1.54, 1.807) is 20.4 Å². The van der Waals surface area contributed by atoms with Crippen molar-refractivity contribution in [1.82, 2.24) is 10.3 Å². The van der Waals surface area contributed by atoms with Crippen LogP contribution in [0.5, 0.6) is 11.5 Å². The van der Waals surface area contributed by atoms with Gasteiger partial charge in [0.1, 0.15) is 5.82 Å². The van der Waals surface area contributed by atoms with Crippen molar-refractivity contribution < 1.29 is 14.3 Å². The van der Waals surface area contributed by atoms with Crippen molar-refractivity contribution in [2.75, 3.05) is 38.8 Å². The Morgan fingerprint density at radius 2 is 1.81 bits per heavy atom. The Morgan fingerprint density at radius 3 is 2.38 bits per heavy atom. The molecule has 1 amide bonds. The average Bonchev–Trinajstić information content (AvgIpc) is 2.69. The van der Waals surface area contributed by atoms with Crippen LogP contribution in [0.4, 0.5) is 5.82 Å². The van der Waals surface area contributed by atoms with E-state index in [4.69, 9.17) is 9.47 Å². The molecule has 26 heavy (non-hydrogen) atoms. The monoisotopic (exact) mass is 357 g/mol. The molecule has 0 saturated carbocycles. The van der Waals surface area contributed by atoms with Crippen LogP contribution in [0.15, 0.2) is 36.5 Å².